The highest BCUT2D eigenvalue weighted by Crippen LogP contribution is 2.28. The largest absolute Gasteiger partial charge is 0.333 e. The van der Waals surface area contributed by atoms with Gasteiger partial charge < -0.3 is 14.7 Å². The lowest BCUT2D eigenvalue weighted by atomic mass is 9.86. The molecule has 1 aliphatic carbocycles. The predicted molar refractivity (Wildman–Crippen MR) is 99.2 cm³/mol. The monoisotopic (exact) mass is 349 g/mol. The predicted octanol–water partition coefficient (Wildman–Crippen LogP) is 2.36. The minimum atomic E-state index is -0.309. The van der Waals surface area contributed by atoms with Gasteiger partial charge >= 0.3 is 11.8 Å². The number of likely N-dealkylation sites (N-methyl/N-ethyl adjacent to an activating group) is 1. The normalized spacial score (nSPS) is 26.7. The van der Waals surface area contributed by atoms with Crippen LogP contribution in [0.3, 0.4) is 0 Å². The molecule has 2 amide bonds. The number of amides is 2. The molecule has 1 saturated carbocycles. The number of carbonyl (C=O) groups excluding carboxylic acids is 2. The van der Waals surface area contributed by atoms with E-state index in [1.54, 1.807) is 9.80 Å². The molecular weight excluding hydrogens is 314 g/mol. The van der Waals surface area contributed by atoms with Gasteiger partial charge in [-0.05, 0) is 51.1 Å². The first-order chi connectivity index (χ1) is 12.2. The summed E-state index contributed by atoms with van der Waals surface area (Å²) in [5.74, 6) is 0.921. The Balaban J connectivity index is 1.35. The Morgan fingerprint density at radius 3 is 2.36 bits per heavy atom. The van der Waals surface area contributed by atoms with Gasteiger partial charge in [-0.1, -0.05) is 32.1 Å². The number of hydrogen-bond acceptors (Lipinski definition) is 3. The zero-order chi connectivity index (χ0) is 17.6. The molecule has 0 radical (unpaired) electrons. The van der Waals surface area contributed by atoms with Crippen molar-refractivity contribution in [2.45, 2.75) is 58.3 Å². The smallest absolute Gasteiger partial charge is 0.312 e. The van der Waals surface area contributed by atoms with E-state index in [0.717, 1.165) is 25.6 Å². The maximum absolute atomic E-state index is 12.2. The number of nitrogens with zero attached hydrogens (tertiary/aromatic N) is 3. The Hall–Kier alpha value is -1.10. The molecule has 1 unspecified atom stereocenters. The quantitative estimate of drug-likeness (QED) is 0.663. The van der Waals surface area contributed by atoms with Crippen LogP contribution in [-0.4, -0.2) is 72.3 Å². The van der Waals surface area contributed by atoms with E-state index < -0.39 is 0 Å². The molecule has 142 valence electrons. The molecule has 0 spiro atoms. The summed E-state index contributed by atoms with van der Waals surface area (Å²) in [6.45, 7) is 8.20. The first kappa shape index (κ1) is 18.7. The van der Waals surface area contributed by atoms with Crippen molar-refractivity contribution >= 4 is 11.8 Å². The molecular formula is C20H35N3O2. The second-order valence-electron chi connectivity index (χ2n) is 8.24. The van der Waals surface area contributed by atoms with Gasteiger partial charge in [0.15, 0.2) is 0 Å². The van der Waals surface area contributed by atoms with Gasteiger partial charge in [0.2, 0.25) is 0 Å². The molecule has 5 heteroatoms. The van der Waals surface area contributed by atoms with E-state index in [1.807, 2.05) is 6.92 Å². The Morgan fingerprint density at radius 1 is 0.880 bits per heavy atom. The Bertz CT molecular complexity index is 462. The zero-order valence-electron chi connectivity index (χ0n) is 15.9. The van der Waals surface area contributed by atoms with Crippen molar-refractivity contribution in [2.75, 3.05) is 45.8 Å². The molecule has 3 fully saturated rings. The second kappa shape index (κ2) is 9.02. The number of rotatable bonds is 7. The fraction of sp³-hybridized carbons (Fsp3) is 0.900. The van der Waals surface area contributed by atoms with E-state index in [2.05, 4.69) is 4.90 Å². The third-order valence-corrected chi connectivity index (χ3v) is 6.44. The maximum atomic E-state index is 12.2. The van der Waals surface area contributed by atoms with Crippen LogP contribution in [0.5, 0.6) is 0 Å². The lowest BCUT2D eigenvalue weighted by Crippen LogP contribution is -2.55. The average Bonchev–Trinajstić information content (AvgIpc) is 3.07. The molecule has 5 nitrogen and oxygen atoms in total. The maximum Gasteiger partial charge on any atom is 0.312 e. The summed E-state index contributed by atoms with van der Waals surface area (Å²) in [7, 11) is 0. The Labute approximate surface area is 152 Å². The van der Waals surface area contributed by atoms with Gasteiger partial charge in [0.25, 0.3) is 0 Å². The van der Waals surface area contributed by atoms with Gasteiger partial charge in [0, 0.05) is 32.7 Å². The van der Waals surface area contributed by atoms with Crippen molar-refractivity contribution in [1.82, 2.24) is 14.7 Å². The fourth-order valence-electron chi connectivity index (χ4n) is 4.85. The van der Waals surface area contributed by atoms with E-state index in [1.165, 1.54) is 57.9 Å². The molecule has 3 rings (SSSR count). The van der Waals surface area contributed by atoms with Gasteiger partial charge in [-0.15, -0.1) is 0 Å². The highest BCUT2D eigenvalue weighted by atomic mass is 16.2. The van der Waals surface area contributed by atoms with E-state index in [9.17, 15) is 9.59 Å². The second-order valence-corrected chi connectivity index (χ2v) is 8.24. The molecule has 25 heavy (non-hydrogen) atoms. The van der Waals surface area contributed by atoms with Gasteiger partial charge in [0.1, 0.15) is 0 Å². The summed E-state index contributed by atoms with van der Waals surface area (Å²) in [4.78, 5) is 30.3. The van der Waals surface area contributed by atoms with E-state index in [0.29, 0.717) is 25.6 Å². The number of carbonyl (C=O) groups is 2. The molecule has 2 heterocycles. The standard InChI is InChI=1S/C20H35N3O2/c1-2-22-13-14-23(20(25)19(22)24)16-18-10-12-21(15-18)11-6-9-17-7-4-3-5-8-17/h17-18H,2-16H2,1H3. The van der Waals surface area contributed by atoms with Crippen molar-refractivity contribution in [3.05, 3.63) is 0 Å². The van der Waals surface area contributed by atoms with E-state index in [4.69, 9.17) is 0 Å². The summed E-state index contributed by atoms with van der Waals surface area (Å²) in [6.07, 6.45) is 11.1. The average molecular weight is 350 g/mol. The van der Waals surface area contributed by atoms with Crippen molar-refractivity contribution in [3.63, 3.8) is 0 Å². The third-order valence-electron chi connectivity index (χ3n) is 6.44. The third kappa shape index (κ3) is 4.96. The summed E-state index contributed by atoms with van der Waals surface area (Å²) < 4.78 is 0. The minimum absolute atomic E-state index is 0.288. The van der Waals surface area contributed by atoms with Crippen molar-refractivity contribution in [2.24, 2.45) is 11.8 Å². The number of piperazine rings is 1. The van der Waals surface area contributed by atoms with Crippen LogP contribution in [0.25, 0.3) is 0 Å². The van der Waals surface area contributed by atoms with Gasteiger partial charge in [-0.2, -0.15) is 0 Å². The highest BCUT2D eigenvalue weighted by molar-refractivity contribution is 6.35. The summed E-state index contributed by atoms with van der Waals surface area (Å²) in [6, 6.07) is 0. The van der Waals surface area contributed by atoms with Crippen LogP contribution < -0.4 is 0 Å². The fourth-order valence-corrected chi connectivity index (χ4v) is 4.85. The van der Waals surface area contributed by atoms with Crippen LogP contribution in [0, 0.1) is 11.8 Å². The molecule has 1 atom stereocenters. The zero-order valence-corrected chi connectivity index (χ0v) is 15.9. The molecule has 0 N–H and O–H groups in total. The lowest BCUT2D eigenvalue weighted by Gasteiger charge is -2.34. The van der Waals surface area contributed by atoms with E-state index in [-0.39, 0.29) is 11.8 Å². The molecule has 3 aliphatic rings. The van der Waals surface area contributed by atoms with Crippen LogP contribution in [-0.2, 0) is 9.59 Å². The van der Waals surface area contributed by atoms with Crippen LogP contribution >= 0.6 is 0 Å². The summed E-state index contributed by atoms with van der Waals surface area (Å²) in [5, 5.41) is 0. The molecule has 0 aromatic carbocycles. The topological polar surface area (TPSA) is 43.9 Å². The summed E-state index contributed by atoms with van der Waals surface area (Å²) in [5.41, 5.74) is 0. The first-order valence-corrected chi connectivity index (χ1v) is 10.5. The van der Waals surface area contributed by atoms with Crippen LogP contribution in [0.2, 0.25) is 0 Å². The van der Waals surface area contributed by atoms with Crippen molar-refractivity contribution < 1.29 is 9.59 Å². The van der Waals surface area contributed by atoms with Gasteiger partial charge in [-0.25, -0.2) is 0 Å². The molecule has 0 bridgehead atoms. The van der Waals surface area contributed by atoms with Crippen molar-refractivity contribution in [1.29, 1.82) is 0 Å². The van der Waals surface area contributed by atoms with Crippen LogP contribution in [0.4, 0.5) is 0 Å². The van der Waals surface area contributed by atoms with Gasteiger partial charge in [-0.3, -0.25) is 9.59 Å². The molecule has 2 saturated heterocycles. The highest BCUT2D eigenvalue weighted by Gasteiger charge is 2.34. The van der Waals surface area contributed by atoms with Crippen LogP contribution in [0.1, 0.15) is 58.3 Å². The molecule has 0 aromatic rings. The van der Waals surface area contributed by atoms with E-state index >= 15 is 0 Å². The Kier molecular flexibility index (Phi) is 6.74. The number of likely N-dealkylation sites (tertiary alicyclic amines) is 1. The lowest BCUT2D eigenvalue weighted by molar-refractivity contribution is -0.156. The SMILES string of the molecule is CCN1CCN(CC2CCN(CCCC3CCCCC3)C2)C(=O)C1=O. The summed E-state index contributed by atoms with van der Waals surface area (Å²) >= 11 is 0. The minimum Gasteiger partial charge on any atom is -0.333 e. The Morgan fingerprint density at radius 2 is 1.60 bits per heavy atom. The van der Waals surface area contributed by atoms with Gasteiger partial charge in [0.05, 0.1) is 0 Å². The van der Waals surface area contributed by atoms with Crippen LogP contribution in [0.15, 0.2) is 0 Å². The first-order valence-electron chi connectivity index (χ1n) is 10.5. The molecule has 0 aromatic heterocycles. The van der Waals surface area contributed by atoms with Crippen molar-refractivity contribution in [3.8, 4) is 0 Å². The molecule has 2 aliphatic heterocycles. The number of hydrogen-bond donors (Lipinski definition) is 0.